The first-order chi connectivity index (χ1) is 10.0. The summed E-state index contributed by atoms with van der Waals surface area (Å²) in [6.45, 7) is 2.63. The number of carbonyl (C=O) groups excluding carboxylic acids is 1. The average Bonchev–Trinajstić information content (AvgIpc) is 2.44. The van der Waals surface area contributed by atoms with Gasteiger partial charge in [0.25, 0.3) is 5.91 Å². The molecular weight excluding hydrogens is 341 g/mol. The van der Waals surface area contributed by atoms with Crippen LogP contribution in [0.25, 0.3) is 0 Å². The molecule has 0 radical (unpaired) electrons. The summed E-state index contributed by atoms with van der Waals surface area (Å²) in [5, 5.41) is 3.38. The summed E-state index contributed by atoms with van der Waals surface area (Å²) in [7, 11) is 5.70. The maximum atomic E-state index is 10.7. The lowest BCUT2D eigenvalue weighted by Crippen LogP contribution is -3.00. The van der Waals surface area contributed by atoms with E-state index in [1.807, 2.05) is 12.1 Å². The molecule has 0 unspecified atom stereocenters. The molecule has 134 valence electrons. The van der Waals surface area contributed by atoms with E-state index in [1.54, 1.807) is 13.2 Å². The Bertz CT molecular complexity index is 460. The van der Waals surface area contributed by atoms with E-state index in [4.69, 9.17) is 15.2 Å². The van der Waals surface area contributed by atoms with Crippen LogP contribution >= 0.6 is 0 Å². The number of ether oxygens (including phenoxy) is 2. The Balaban J connectivity index is 0. The Labute approximate surface area is 150 Å². The van der Waals surface area contributed by atoms with Crippen LogP contribution in [0.5, 0.6) is 11.5 Å². The molecule has 23 heavy (non-hydrogen) atoms. The molecule has 0 fully saturated rings. The zero-order chi connectivity index (χ0) is 15.7. The normalized spacial score (nSPS) is 9.74. The maximum absolute atomic E-state index is 10.7. The molecular formula is C15H25Cl2N3O3-2. The molecule has 0 aliphatic heterocycles. The zero-order valence-electron chi connectivity index (χ0n) is 13.8. The van der Waals surface area contributed by atoms with Crippen LogP contribution in [0.3, 0.4) is 0 Å². The lowest BCUT2D eigenvalue weighted by Gasteiger charge is -2.12. The second kappa shape index (κ2) is 13.2. The fraction of sp³-hybridized carbons (Fsp3) is 0.533. The van der Waals surface area contributed by atoms with Crippen molar-refractivity contribution in [3.05, 3.63) is 23.8 Å². The summed E-state index contributed by atoms with van der Waals surface area (Å²) >= 11 is 0. The summed E-state index contributed by atoms with van der Waals surface area (Å²) in [6.07, 6.45) is 1.10. The Morgan fingerprint density at radius 1 is 1.26 bits per heavy atom. The number of nitrogens with one attached hydrogen (secondary N) is 1. The number of methoxy groups -OCH3 is 1. The van der Waals surface area contributed by atoms with Crippen molar-refractivity contribution in [3.63, 3.8) is 0 Å². The molecule has 1 amide bonds. The first-order valence-electron chi connectivity index (χ1n) is 6.96. The minimum absolute atomic E-state index is 0. The van der Waals surface area contributed by atoms with Gasteiger partial charge in [-0.15, -0.1) is 0 Å². The summed E-state index contributed by atoms with van der Waals surface area (Å²) in [5.74, 6) is 0.611. The van der Waals surface area contributed by atoms with Gasteiger partial charge in [-0.1, -0.05) is 6.07 Å². The number of hydrogen-bond donors (Lipinski definition) is 2. The summed E-state index contributed by atoms with van der Waals surface area (Å²) < 4.78 is 10.6. The number of amides is 1. The van der Waals surface area contributed by atoms with Crippen molar-refractivity contribution in [2.45, 2.75) is 13.0 Å². The predicted molar refractivity (Wildman–Crippen MR) is 82.6 cm³/mol. The number of primary amides is 1. The molecule has 1 rings (SSSR count). The Hall–Kier alpha value is -1.21. The van der Waals surface area contributed by atoms with E-state index in [0.29, 0.717) is 11.5 Å². The summed E-state index contributed by atoms with van der Waals surface area (Å²) in [6, 6.07) is 5.63. The maximum Gasteiger partial charge on any atom is 0.255 e. The van der Waals surface area contributed by atoms with Crippen LogP contribution in [0.15, 0.2) is 18.2 Å². The predicted octanol–water partition coefficient (Wildman–Crippen LogP) is -5.39. The third-order valence-corrected chi connectivity index (χ3v) is 2.89. The molecule has 0 saturated heterocycles. The highest BCUT2D eigenvalue weighted by Crippen LogP contribution is 2.27. The molecule has 8 heteroatoms. The molecule has 3 N–H and O–H groups in total. The van der Waals surface area contributed by atoms with Crippen molar-refractivity contribution in [1.82, 2.24) is 10.2 Å². The van der Waals surface area contributed by atoms with Gasteiger partial charge in [-0.2, -0.15) is 0 Å². The van der Waals surface area contributed by atoms with E-state index in [2.05, 4.69) is 24.3 Å². The van der Waals surface area contributed by atoms with Gasteiger partial charge in [-0.3, -0.25) is 4.79 Å². The standard InChI is InChI=1S/C15H25N3O3.2ClH/c1-18(2)8-4-7-17-10-12-5-6-13(14(9-12)20-3)21-11-15(16)19;;/h5-6,9,17H,4,7-8,10-11H2,1-3H3,(H2,16,19);2*1H/p-2. The van der Waals surface area contributed by atoms with Gasteiger partial charge in [-0.25, -0.2) is 0 Å². The number of nitrogens with zero attached hydrogens (tertiary/aromatic N) is 1. The van der Waals surface area contributed by atoms with Crippen LogP contribution < -0.4 is 45.3 Å². The average molecular weight is 366 g/mol. The molecule has 0 bridgehead atoms. The SMILES string of the molecule is COc1cc(CNCCCN(C)C)ccc1OCC(N)=O.[Cl-].[Cl-]. The second-order valence-corrected chi connectivity index (χ2v) is 5.07. The van der Waals surface area contributed by atoms with Crippen molar-refractivity contribution in [1.29, 1.82) is 0 Å². The highest BCUT2D eigenvalue weighted by Gasteiger charge is 2.07. The molecule has 1 aromatic carbocycles. The van der Waals surface area contributed by atoms with Gasteiger partial charge in [0.15, 0.2) is 18.1 Å². The van der Waals surface area contributed by atoms with E-state index >= 15 is 0 Å². The monoisotopic (exact) mass is 365 g/mol. The van der Waals surface area contributed by atoms with Gasteiger partial charge in [0.1, 0.15) is 0 Å². The van der Waals surface area contributed by atoms with E-state index in [0.717, 1.165) is 31.6 Å². The summed E-state index contributed by atoms with van der Waals surface area (Å²) in [4.78, 5) is 12.9. The van der Waals surface area contributed by atoms with Crippen LogP contribution in [-0.4, -0.2) is 51.7 Å². The van der Waals surface area contributed by atoms with Gasteiger partial charge in [0, 0.05) is 6.54 Å². The molecule has 1 aromatic rings. The largest absolute Gasteiger partial charge is 1.00 e. The fourth-order valence-electron chi connectivity index (χ4n) is 1.84. The fourth-order valence-corrected chi connectivity index (χ4v) is 1.84. The van der Waals surface area contributed by atoms with Crippen molar-refractivity contribution < 1.29 is 39.1 Å². The van der Waals surface area contributed by atoms with Gasteiger partial charge in [-0.05, 0) is 51.3 Å². The zero-order valence-corrected chi connectivity index (χ0v) is 15.3. The van der Waals surface area contributed by atoms with Gasteiger partial charge in [0.2, 0.25) is 0 Å². The smallest absolute Gasteiger partial charge is 0.255 e. The molecule has 0 aliphatic rings. The highest BCUT2D eigenvalue weighted by atomic mass is 35.5. The Morgan fingerprint density at radius 2 is 1.96 bits per heavy atom. The number of halogens is 2. The van der Waals surface area contributed by atoms with E-state index in [9.17, 15) is 4.79 Å². The number of rotatable bonds is 10. The third kappa shape index (κ3) is 10.2. The first kappa shape index (κ1) is 24.0. The molecule has 6 nitrogen and oxygen atoms in total. The lowest BCUT2D eigenvalue weighted by molar-refractivity contribution is -0.119. The molecule has 0 heterocycles. The van der Waals surface area contributed by atoms with E-state index in [-0.39, 0.29) is 31.4 Å². The Kier molecular flexibility index (Phi) is 13.9. The van der Waals surface area contributed by atoms with Crippen LogP contribution in [0.1, 0.15) is 12.0 Å². The molecule has 0 spiro atoms. The highest BCUT2D eigenvalue weighted by molar-refractivity contribution is 5.75. The number of carbonyl (C=O) groups is 1. The number of hydrogen-bond acceptors (Lipinski definition) is 5. The van der Waals surface area contributed by atoms with Crippen LogP contribution in [-0.2, 0) is 11.3 Å². The minimum atomic E-state index is -0.510. The van der Waals surface area contributed by atoms with Crippen molar-refractivity contribution in [2.24, 2.45) is 5.73 Å². The lowest BCUT2D eigenvalue weighted by atomic mass is 10.2. The minimum Gasteiger partial charge on any atom is -1.00 e. The molecule has 0 aromatic heterocycles. The van der Waals surface area contributed by atoms with E-state index in [1.165, 1.54) is 0 Å². The van der Waals surface area contributed by atoms with Crippen molar-refractivity contribution >= 4 is 5.91 Å². The van der Waals surface area contributed by atoms with Gasteiger partial charge >= 0.3 is 0 Å². The Morgan fingerprint density at radius 3 is 2.52 bits per heavy atom. The van der Waals surface area contributed by atoms with Gasteiger partial charge < -0.3 is 50.2 Å². The molecule has 0 atom stereocenters. The van der Waals surface area contributed by atoms with Crippen LogP contribution in [0, 0.1) is 0 Å². The molecule has 0 aliphatic carbocycles. The number of benzene rings is 1. The van der Waals surface area contributed by atoms with Crippen LogP contribution in [0.2, 0.25) is 0 Å². The number of nitrogens with two attached hydrogens (primary N) is 1. The second-order valence-electron chi connectivity index (χ2n) is 5.07. The van der Waals surface area contributed by atoms with Crippen molar-refractivity contribution in [3.8, 4) is 11.5 Å². The topological polar surface area (TPSA) is 76.8 Å². The van der Waals surface area contributed by atoms with E-state index < -0.39 is 5.91 Å². The van der Waals surface area contributed by atoms with Gasteiger partial charge in [0.05, 0.1) is 7.11 Å². The summed E-state index contributed by atoms with van der Waals surface area (Å²) in [5.41, 5.74) is 6.16. The van der Waals surface area contributed by atoms with Crippen molar-refractivity contribution in [2.75, 3.05) is 40.9 Å². The first-order valence-corrected chi connectivity index (χ1v) is 6.96. The quantitative estimate of drug-likeness (QED) is 0.405. The molecule has 0 saturated carbocycles. The van der Waals surface area contributed by atoms with Crippen LogP contribution in [0.4, 0.5) is 0 Å². The third-order valence-electron chi connectivity index (χ3n) is 2.89.